The van der Waals surface area contributed by atoms with Gasteiger partial charge in [0.05, 0.1) is 16.7 Å². The summed E-state index contributed by atoms with van der Waals surface area (Å²) in [6.45, 7) is 0.126. The Morgan fingerprint density at radius 3 is 2.95 bits per heavy atom. The van der Waals surface area contributed by atoms with Crippen LogP contribution in [-0.2, 0) is 0 Å². The Morgan fingerprint density at radius 1 is 1.47 bits per heavy atom. The molecule has 2 aromatic rings. The smallest absolute Gasteiger partial charge is 0.252 e. The quantitative estimate of drug-likeness (QED) is 0.759. The minimum atomic E-state index is -0.727. The molecular weight excluding hydrogens is 284 g/mol. The van der Waals surface area contributed by atoms with Crippen LogP contribution >= 0.6 is 22.9 Å². The molecule has 2 rings (SSSR count). The second-order valence-corrected chi connectivity index (χ2v) is 5.21. The molecule has 6 heteroatoms. The van der Waals surface area contributed by atoms with Gasteiger partial charge in [0.2, 0.25) is 0 Å². The van der Waals surface area contributed by atoms with Crippen LogP contribution in [-0.4, -0.2) is 17.6 Å². The maximum absolute atomic E-state index is 11.9. The number of anilines is 1. The number of rotatable bonds is 4. The van der Waals surface area contributed by atoms with Crippen LogP contribution in [0.4, 0.5) is 5.69 Å². The van der Waals surface area contributed by atoms with Crippen molar-refractivity contribution in [3.8, 4) is 0 Å². The molecule has 4 N–H and O–H groups in total. The van der Waals surface area contributed by atoms with Crippen molar-refractivity contribution in [1.29, 1.82) is 0 Å². The number of benzene rings is 1. The first kappa shape index (κ1) is 13.9. The molecule has 0 aliphatic rings. The highest BCUT2D eigenvalue weighted by Gasteiger charge is 2.13. The van der Waals surface area contributed by atoms with Crippen LogP contribution in [0.5, 0.6) is 0 Å². The Morgan fingerprint density at radius 2 is 2.26 bits per heavy atom. The molecular formula is C13H13ClN2O2S. The van der Waals surface area contributed by atoms with E-state index in [0.29, 0.717) is 16.3 Å². The summed E-state index contributed by atoms with van der Waals surface area (Å²) >= 11 is 7.42. The maximum atomic E-state index is 11.9. The van der Waals surface area contributed by atoms with Crippen LogP contribution in [0.1, 0.15) is 22.0 Å². The fourth-order valence-electron chi connectivity index (χ4n) is 1.58. The van der Waals surface area contributed by atoms with Crippen molar-refractivity contribution >= 4 is 34.5 Å². The third kappa shape index (κ3) is 3.47. The van der Waals surface area contributed by atoms with Gasteiger partial charge in [0.25, 0.3) is 5.91 Å². The summed E-state index contributed by atoms with van der Waals surface area (Å²) < 4.78 is 0. The molecule has 1 heterocycles. The van der Waals surface area contributed by atoms with E-state index in [4.69, 9.17) is 17.3 Å². The van der Waals surface area contributed by atoms with Gasteiger partial charge in [0, 0.05) is 12.2 Å². The van der Waals surface area contributed by atoms with E-state index in [1.54, 1.807) is 12.1 Å². The summed E-state index contributed by atoms with van der Waals surface area (Å²) in [5.74, 6) is -0.355. The van der Waals surface area contributed by atoms with E-state index in [0.717, 1.165) is 5.56 Å². The Balaban J connectivity index is 2.00. The van der Waals surface area contributed by atoms with E-state index in [2.05, 4.69) is 5.32 Å². The zero-order valence-corrected chi connectivity index (χ0v) is 11.5. The molecule has 0 saturated carbocycles. The minimum absolute atomic E-state index is 0.126. The third-order valence-electron chi connectivity index (χ3n) is 2.62. The zero-order valence-electron chi connectivity index (χ0n) is 9.97. The lowest BCUT2D eigenvalue weighted by atomic mass is 10.1. The monoisotopic (exact) mass is 296 g/mol. The van der Waals surface area contributed by atoms with Gasteiger partial charge in [-0.25, -0.2) is 0 Å². The molecule has 0 bridgehead atoms. The maximum Gasteiger partial charge on any atom is 0.252 e. The molecule has 0 spiro atoms. The molecule has 1 aromatic heterocycles. The van der Waals surface area contributed by atoms with E-state index in [1.807, 2.05) is 16.8 Å². The third-order valence-corrected chi connectivity index (χ3v) is 3.65. The molecule has 1 atom stereocenters. The Hall–Kier alpha value is -1.56. The molecule has 100 valence electrons. The highest BCUT2D eigenvalue weighted by molar-refractivity contribution is 7.07. The number of halogens is 1. The fraction of sp³-hybridized carbons (Fsp3) is 0.154. The van der Waals surface area contributed by atoms with E-state index < -0.39 is 6.10 Å². The highest BCUT2D eigenvalue weighted by Crippen LogP contribution is 2.19. The van der Waals surface area contributed by atoms with Crippen molar-refractivity contribution in [2.45, 2.75) is 6.10 Å². The predicted molar refractivity (Wildman–Crippen MR) is 77.5 cm³/mol. The largest absolute Gasteiger partial charge is 0.399 e. The normalized spacial score (nSPS) is 12.1. The van der Waals surface area contributed by atoms with Gasteiger partial charge in [-0.1, -0.05) is 11.6 Å². The number of carbonyl (C=O) groups excluding carboxylic acids is 1. The number of amides is 1. The van der Waals surface area contributed by atoms with E-state index in [1.165, 1.54) is 17.4 Å². The number of carbonyl (C=O) groups is 1. The second-order valence-electron chi connectivity index (χ2n) is 4.02. The molecule has 19 heavy (non-hydrogen) atoms. The van der Waals surface area contributed by atoms with Crippen LogP contribution in [0, 0.1) is 0 Å². The van der Waals surface area contributed by atoms with Crippen LogP contribution in [0.2, 0.25) is 5.02 Å². The van der Waals surface area contributed by atoms with Gasteiger partial charge < -0.3 is 16.2 Å². The first-order valence-electron chi connectivity index (χ1n) is 5.61. The summed E-state index contributed by atoms with van der Waals surface area (Å²) in [6.07, 6.45) is -0.727. The standard InChI is InChI=1S/C13H13ClN2O2S/c14-11-2-1-9(15)5-10(11)13(18)16-6-12(17)8-3-4-19-7-8/h1-5,7,12,17H,6,15H2,(H,16,18). The summed E-state index contributed by atoms with van der Waals surface area (Å²) in [4.78, 5) is 11.9. The fourth-order valence-corrected chi connectivity index (χ4v) is 2.49. The number of nitrogen functional groups attached to an aromatic ring is 1. The average Bonchev–Trinajstić information content (AvgIpc) is 2.92. The predicted octanol–water partition coefficient (Wildman–Crippen LogP) is 2.45. The van der Waals surface area contributed by atoms with E-state index in [9.17, 15) is 9.90 Å². The minimum Gasteiger partial charge on any atom is -0.399 e. The van der Waals surface area contributed by atoms with Crippen LogP contribution in [0.25, 0.3) is 0 Å². The van der Waals surface area contributed by atoms with E-state index >= 15 is 0 Å². The van der Waals surface area contributed by atoms with Crippen molar-refractivity contribution in [1.82, 2.24) is 5.32 Å². The Bertz CT molecular complexity index is 572. The Kier molecular flexibility index (Phi) is 4.42. The van der Waals surface area contributed by atoms with Crippen molar-refractivity contribution in [3.63, 3.8) is 0 Å². The topological polar surface area (TPSA) is 75.4 Å². The Labute approximate surface area is 119 Å². The number of hydrogen-bond donors (Lipinski definition) is 3. The highest BCUT2D eigenvalue weighted by atomic mass is 35.5. The summed E-state index contributed by atoms with van der Waals surface area (Å²) in [6, 6.07) is 6.52. The molecule has 1 amide bonds. The molecule has 0 aliphatic carbocycles. The number of hydrogen-bond acceptors (Lipinski definition) is 4. The average molecular weight is 297 g/mol. The van der Waals surface area contributed by atoms with Crippen molar-refractivity contribution in [2.75, 3.05) is 12.3 Å². The first-order valence-corrected chi connectivity index (χ1v) is 6.93. The SMILES string of the molecule is Nc1ccc(Cl)c(C(=O)NCC(O)c2ccsc2)c1. The first-order chi connectivity index (χ1) is 9.08. The molecule has 1 unspecified atom stereocenters. The van der Waals surface area contributed by atoms with Gasteiger partial charge >= 0.3 is 0 Å². The van der Waals surface area contributed by atoms with Crippen molar-refractivity contribution < 1.29 is 9.90 Å². The number of aliphatic hydroxyl groups is 1. The number of nitrogens with two attached hydrogens (primary N) is 1. The summed E-state index contributed by atoms with van der Waals surface area (Å²) in [5, 5.41) is 16.5. The number of aliphatic hydroxyl groups excluding tert-OH is 1. The molecule has 0 aliphatic heterocycles. The van der Waals surface area contributed by atoms with Gasteiger partial charge in [-0.2, -0.15) is 11.3 Å². The molecule has 0 radical (unpaired) electrons. The van der Waals surface area contributed by atoms with Gasteiger partial charge in [-0.15, -0.1) is 0 Å². The summed E-state index contributed by atoms with van der Waals surface area (Å²) in [5.41, 5.74) is 7.16. The number of thiophene rings is 1. The number of nitrogens with one attached hydrogen (secondary N) is 1. The molecule has 1 aromatic carbocycles. The van der Waals surface area contributed by atoms with Crippen molar-refractivity contribution in [2.24, 2.45) is 0 Å². The van der Waals surface area contributed by atoms with Crippen molar-refractivity contribution in [3.05, 3.63) is 51.2 Å². The van der Waals surface area contributed by atoms with E-state index in [-0.39, 0.29) is 12.5 Å². The molecule has 0 fully saturated rings. The lowest BCUT2D eigenvalue weighted by Gasteiger charge is -2.11. The van der Waals surface area contributed by atoms with Crippen LogP contribution in [0.15, 0.2) is 35.0 Å². The summed E-state index contributed by atoms with van der Waals surface area (Å²) in [7, 11) is 0. The van der Waals surface area contributed by atoms with Crippen LogP contribution < -0.4 is 11.1 Å². The lowest BCUT2D eigenvalue weighted by molar-refractivity contribution is 0.0916. The molecule has 4 nitrogen and oxygen atoms in total. The van der Waals surface area contributed by atoms with Crippen LogP contribution in [0.3, 0.4) is 0 Å². The molecule has 0 saturated heterocycles. The van der Waals surface area contributed by atoms with Gasteiger partial charge in [-0.05, 0) is 40.6 Å². The van der Waals surface area contributed by atoms with Gasteiger partial charge in [0.1, 0.15) is 0 Å². The lowest BCUT2D eigenvalue weighted by Crippen LogP contribution is -2.28. The van der Waals surface area contributed by atoms with Gasteiger partial charge in [0.15, 0.2) is 0 Å². The second kappa shape index (κ2) is 6.06. The van der Waals surface area contributed by atoms with Gasteiger partial charge in [-0.3, -0.25) is 4.79 Å². The zero-order chi connectivity index (χ0) is 13.8.